The van der Waals surface area contributed by atoms with E-state index in [9.17, 15) is 4.79 Å². The van der Waals surface area contributed by atoms with E-state index in [1.165, 1.54) is 11.3 Å². The molecule has 2 N–H and O–H groups in total. The Balaban J connectivity index is 2.36. The van der Waals surface area contributed by atoms with Crippen molar-refractivity contribution in [2.45, 2.75) is 13.3 Å². The quantitative estimate of drug-likeness (QED) is 0.860. The van der Waals surface area contributed by atoms with Crippen LogP contribution in [0.4, 0.5) is 5.00 Å². The van der Waals surface area contributed by atoms with Crippen molar-refractivity contribution in [3.8, 4) is 11.1 Å². The van der Waals surface area contributed by atoms with Crippen molar-refractivity contribution in [3.05, 3.63) is 35.5 Å². The molecule has 0 spiro atoms. The molecule has 18 heavy (non-hydrogen) atoms. The van der Waals surface area contributed by atoms with E-state index in [0.717, 1.165) is 17.5 Å². The van der Waals surface area contributed by atoms with E-state index in [0.29, 0.717) is 17.2 Å². The highest BCUT2D eigenvalue weighted by Gasteiger charge is 2.19. The Labute approximate surface area is 109 Å². The molecule has 2 aromatic rings. The van der Waals surface area contributed by atoms with Crippen LogP contribution >= 0.6 is 11.3 Å². The van der Waals surface area contributed by atoms with E-state index in [-0.39, 0.29) is 5.97 Å². The van der Waals surface area contributed by atoms with Gasteiger partial charge in [-0.05, 0) is 12.5 Å². The maximum Gasteiger partial charge on any atom is 0.341 e. The van der Waals surface area contributed by atoms with Crippen LogP contribution < -0.4 is 5.73 Å². The number of rotatable bonds is 4. The van der Waals surface area contributed by atoms with Gasteiger partial charge in [-0.2, -0.15) is 0 Å². The van der Waals surface area contributed by atoms with Crippen molar-refractivity contribution in [2.75, 3.05) is 12.3 Å². The van der Waals surface area contributed by atoms with Crippen molar-refractivity contribution in [1.29, 1.82) is 0 Å². The molecule has 0 aromatic carbocycles. The third-order valence-corrected chi connectivity index (χ3v) is 3.25. The van der Waals surface area contributed by atoms with Crippen LogP contribution in [0.3, 0.4) is 0 Å². The van der Waals surface area contributed by atoms with Crippen LogP contribution in [0.1, 0.15) is 23.7 Å². The fourth-order valence-electron chi connectivity index (χ4n) is 1.58. The first-order chi connectivity index (χ1) is 8.74. The predicted octanol–water partition coefficient (Wildman–Crippen LogP) is 2.96. The molecule has 0 radical (unpaired) electrons. The summed E-state index contributed by atoms with van der Waals surface area (Å²) in [5.74, 6) is -0.366. The summed E-state index contributed by atoms with van der Waals surface area (Å²) in [6, 6.07) is 3.72. The summed E-state index contributed by atoms with van der Waals surface area (Å²) in [7, 11) is 0. The minimum atomic E-state index is -0.366. The Morgan fingerprint density at radius 3 is 3.06 bits per heavy atom. The third-order valence-electron chi connectivity index (χ3n) is 2.43. The summed E-state index contributed by atoms with van der Waals surface area (Å²) in [6.07, 6.45) is 4.18. The first kappa shape index (κ1) is 12.6. The number of esters is 1. The van der Waals surface area contributed by atoms with Crippen LogP contribution in [0.5, 0.6) is 0 Å². The van der Waals surface area contributed by atoms with Gasteiger partial charge in [0.05, 0.1) is 6.61 Å². The summed E-state index contributed by atoms with van der Waals surface area (Å²) < 4.78 is 5.15. The molecule has 0 atom stereocenters. The van der Waals surface area contributed by atoms with Crippen molar-refractivity contribution in [3.63, 3.8) is 0 Å². The van der Waals surface area contributed by atoms with Gasteiger partial charge in [-0.15, -0.1) is 11.3 Å². The lowest BCUT2D eigenvalue weighted by atomic mass is 10.1. The van der Waals surface area contributed by atoms with Crippen LogP contribution in [0, 0.1) is 0 Å². The molecule has 0 unspecified atom stereocenters. The number of hydrogen-bond donors (Lipinski definition) is 1. The monoisotopic (exact) mass is 262 g/mol. The van der Waals surface area contributed by atoms with Gasteiger partial charge in [-0.25, -0.2) is 4.79 Å². The number of carbonyl (C=O) groups is 1. The standard InChI is InChI=1S/C13H14N2O2S/c1-2-6-17-13(16)11-10(8-18-12(11)14)9-4-3-5-15-7-9/h3-5,7-8H,2,6,14H2,1H3. The molecule has 94 valence electrons. The summed E-state index contributed by atoms with van der Waals surface area (Å²) in [5, 5.41) is 2.34. The molecule has 2 aromatic heterocycles. The van der Waals surface area contributed by atoms with E-state index in [1.54, 1.807) is 12.4 Å². The van der Waals surface area contributed by atoms with E-state index >= 15 is 0 Å². The van der Waals surface area contributed by atoms with Gasteiger partial charge in [0.1, 0.15) is 10.6 Å². The van der Waals surface area contributed by atoms with Gasteiger partial charge in [0.15, 0.2) is 0 Å². The van der Waals surface area contributed by atoms with Crippen LogP contribution in [0.25, 0.3) is 11.1 Å². The molecule has 0 bridgehead atoms. The number of nitrogens with zero attached hydrogens (tertiary/aromatic N) is 1. The molecule has 0 fully saturated rings. The smallest absolute Gasteiger partial charge is 0.341 e. The van der Waals surface area contributed by atoms with E-state index in [1.807, 2.05) is 24.4 Å². The lowest BCUT2D eigenvalue weighted by molar-refractivity contribution is 0.0508. The SMILES string of the molecule is CCCOC(=O)c1c(-c2cccnc2)csc1N. The molecule has 4 nitrogen and oxygen atoms in total. The number of anilines is 1. The highest BCUT2D eigenvalue weighted by atomic mass is 32.1. The Kier molecular flexibility index (Phi) is 3.94. The second kappa shape index (κ2) is 5.64. The highest BCUT2D eigenvalue weighted by molar-refractivity contribution is 7.14. The second-order valence-corrected chi connectivity index (χ2v) is 4.68. The average Bonchev–Trinajstić information content (AvgIpc) is 2.79. The molecule has 0 saturated heterocycles. The summed E-state index contributed by atoms with van der Waals surface area (Å²) in [5.41, 5.74) is 7.95. The van der Waals surface area contributed by atoms with Crippen LogP contribution in [-0.4, -0.2) is 17.6 Å². The van der Waals surface area contributed by atoms with Gasteiger partial charge in [-0.1, -0.05) is 13.0 Å². The molecule has 0 amide bonds. The second-order valence-electron chi connectivity index (χ2n) is 3.77. The molecule has 2 heterocycles. The fraction of sp³-hybridized carbons (Fsp3) is 0.231. The van der Waals surface area contributed by atoms with Gasteiger partial charge in [0.25, 0.3) is 0 Å². The van der Waals surface area contributed by atoms with E-state index < -0.39 is 0 Å². The number of nitrogen functional groups attached to an aromatic ring is 1. The number of hydrogen-bond acceptors (Lipinski definition) is 5. The average molecular weight is 262 g/mol. The maximum absolute atomic E-state index is 12.0. The van der Waals surface area contributed by atoms with Crippen LogP contribution in [-0.2, 0) is 4.74 Å². The van der Waals surface area contributed by atoms with Crippen molar-refractivity contribution < 1.29 is 9.53 Å². The Bertz CT molecular complexity index is 537. The number of thiophene rings is 1. The van der Waals surface area contributed by atoms with Crippen molar-refractivity contribution in [2.24, 2.45) is 0 Å². The molecule has 0 aliphatic rings. The molecule has 0 aliphatic carbocycles. The predicted molar refractivity (Wildman–Crippen MR) is 72.5 cm³/mol. The fourth-order valence-corrected chi connectivity index (χ4v) is 2.39. The van der Waals surface area contributed by atoms with Gasteiger partial charge in [0, 0.05) is 28.9 Å². The summed E-state index contributed by atoms with van der Waals surface area (Å²) in [6.45, 7) is 2.35. The minimum absolute atomic E-state index is 0.366. The van der Waals surface area contributed by atoms with Gasteiger partial charge in [0.2, 0.25) is 0 Å². The topological polar surface area (TPSA) is 65.2 Å². The van der Waals surface area contributed by atoms with E-state index in [4.69, 9.17) is 10.5 Å². The number of nitrogens with two attached hydrogens (primary N) is 1. The zero-order valence-corrected chi connectivity index (χ0v) is 10.9. The molecule has 0 aliphatic heterocycles. The Morgan fingerprint density at radius 2 is 2.39 bits per heavy atom. The third kappa shape index (κ3) is 2.51. The molecule has 2 rings (SSSR count). The first-order valence-corrected chi connectivity index (χ1v) is 6.56. The Hall–Kier alpha value is -1.88. The van der Waals surface area contributed by atoms with Gasteiger partial charge in [-0.3, -0.25) is 4.98 Å². The largest absolute Gasteiger partial charge is 0.462 e. The van der Waals surface area contributed by atoms with Gasteiger partial charge < -0.3 is 10.5 Å². The minimum Gasteiger partial charge on any atom is -0.462 e. The number of pyridine rings is 1. The number of ether oxygens (including phenoxy) is 1. The van der Waals surface area contributed by atoms with Crippen molar-refractivity contribution in [1.82, 2.24) is 4.98 Å². The molecular weight excluding hydrogens is 248 g/mol. The van der Waals surface area contributed by atoms with Crippen molar-refractivity contribution >= 4 is 22.3 Å². The summed E-state index contributed by atoms with van der Waals surface area (Å²) in [4.78, 5) is 16.0. The number of aromatic nitrogens is 1. The zero-order valence-electron chi connectivity index (χ0n) is 10.1. The lowest BCUT2D eigenvalue weighted by Gasteiger charge is -2.05. The normalized spacial score (nSPS) is 10.3. The van der Waals surface area contributed by atoms with Gasteiger partial charge >= 0.3 is 5.97 Å². The highest BCUT2D eigenvalue weighted by Crippen LogP contribution is 2.33. The molecular formula is C13H14N2O2S. The number of carbonyl (C=O) groups excluding carboxylic acids is 1. The maximum atomic E-state index is 12.0. The lowest BCUT2D eigenvalue weighted by Crippen LogP contribution is -2.08. The Morgan fingerprint density at radius 1 is 1.56 bits per heavy atom. The zero-order chi connectivity index (χ0) is 13.0. The van der Waals surface area contributed by atoms with Crippen LogP contribution in [0.2, 0.25) is 0 Å². The first-order valence-electron chi connectivity index (χ1n) is 5.68. The molecule has 0 saturated carbocycles. The molecule has 5 heteroatoms. The van der Waals surface area contributed by atoms with Crippen LogP contribution in [0.15, 0.2) is 29.9 Å². The van der Waals surface area contributed by atoms with E-state index in [2.05, 4.69) is 4.98 Å². The summed E-state index contributed by atoms with van der Waals surface area (Å²) >= 11 is 1.34.